The number of ether oxygens (including phenoxy) is 4. The molecular weight excluding hydrogens is 828 g/mol. The first-order chi connectivity index (χ1) is 30.1. The van der Waals surface area contributed by atoms with Gasteiger partial charge in [0.15, 0.2) is 5.82 Å². The molecule has 322 valence electrons. The number of rotatable bonds is 19. The van der Waals surface area contributed by atoms with Gasteiger partial charge in [-0.25, -0.2) is 14.8 Å². The summed E-state index contributed by atoms with van der Waals surface area (Å²) in [6.45, 7) is 17.9. The van der Waals surface area contributed by atoms with Gasteiger partial charge in [-0.1, -0.05) is 49.0 Å². The van der Waals surface area contributed by atoms with Crippen LogP contribution < -0.4 is 14.2 Å². The number of hydrogen-bond donors (Lipinski definition) is 1. The normalized spacial score (nSPS) is 14.3. The van der Waals surface area contributed by atoms with Crippen molar-refractivity contribution in [1.82, 2.24) is 38.9 Å². The number of likely N-dealkylation sites (N-methyl/N-ethyl adjacent to an activating group) is 1. The van der Waals surface area contributed by atoms with Crippen LogP contribution in [0.25, 0.3) is 43.9 Å². The highest BCUT2D eigenvalue weighted by molar-refractivity contribution is 7.13. The smallest absolute Gasteiger partial charge is 0.345 e. The molecule has 0 aliphatic carbocycles. The van der Waals surface area contributed by atoms with Crippen LogP contribution in [0, 0.1) is 6.92 Å². The molecule has 0 amide bonds. The monoisotopic (exact) mass is 876 g/mol. The number of para-hydroxylation sites is 1. The molecule has 1 unspecified atom stereocenters. The summed E-state index contributed by atoms with van der Waals surface area (Å²) in [5, 5.41) is 16.2. The van der Waals surface area contributed by atoms with Crippen molar-refractivity contribution in [3.05, 3.63) is 120 Å². The minimum atomic E-state index is -1.39. The summed E-state index contributed by atoms with van der Waals surface area (Å²) < 4.78 is 31.5. The van der Waals surface area contributed by atoms with Crippen molar-refractivity contribution in [1.29, 1.82) is 0 Å². The van der Waals surface area contributed by atoms with Gasteiger partial charge in [-0.2, -0.15) is 9.47 Å². The van der Waals surface area contributed by atoms with Gasteiger partial charge in [0.25, 0.3) is 0 Å². The second-order valence-electron chi connectivity index (χ2n) is 14.6. The molecule has 62 heavy (non-hydrogen) atoms. The molecule has 1 saturated heterocycles. The number of allylic oxidation sites excluding steroid dienone is 2. The molecule has 5 heterocycles. The third kappa shape index (κ3) is 9.81. The van der Waals surface area contributed by atoms with Crippen molar-refractivity contribution < 1.29 is 28.8 Å². The summed E-state index contributed by atoms with van der Waals surface area (Å²) in [5.74, 6) is 0.947. The number of fused-ring (bicyclic) bond motifs is 1. The van der Waals surface area contributed by atoms with E-state index in [0.29, 0.717) is 73.9 Å². The molecule has 6 aromatic rings. The van der Waals surface area contributed by atoms with Crippen LogP contribution in [0.1, 0.15) is 24.6 Å². The van der Waals surface area contributed by atoms with Crippen LogP contribution in [0.4, 0.5) is 0 Å². The van der Waals surface area contributed by atoms with E-state index in [4.69, 9.17) is 35.5 Å². The zero-order chi connectivity index (χ0) is 43.8. The van der Waals surface area contributed by atoms with E-state index in [1.807, 2.05) is 61.1 Å². The number of nitrogens with zero attached hydrogens (tertiary/aromatic N) is 8. The number of carbonyl (C=O) groups is 1. The van der Waals surface area contributed by atoms with Gasteiger partial charge in [-0.3, -0.25) is 14.6 Å². The van der Waals surface area contributed by atoms with Crippen LogP contribution in [0.15, 0.2) is 104 Å². The molecule has 0 radical (unpaired) electrons. The van der Waals surface area contributed by atoms with Crippen LogP contribution in [0.3, 0.4) is 0 Å². The van der Waals surface area contributed by atoms with E-state index in [9.17, 15) is 9.90 Å². The Morgan fingerprint density at radius 1 is 1.03 bits per heavy atom. The quantitative estimate of drug-likeness (QED) is 0.0614. The average Bonchev–Trinajstić information content (AvgIpc) is 3.95. The number of aromatic nitrogens is 6. The molecule has 1 atom stereocenters. The highest BCUT2D eigenvalue weighted by Gasteiger charge is 2.28. The summed E-state index contributed by atoms with van der Waals surface area (Å²) in [4.78, 5) is 31.7. The first-order valence-electron chi connectivity index (χ1n) is 20.2. The third-order valence-electron chi connectivity index (χ3n) is 10.7. The van der Waals surface area contributed by atoms with Crippen LogP contribution in [0.5, 0.6) is 17.4 Å². The standard InChI is InChI=1S/C46H49ClN8O6S/c1-7-30(35(8-2)60-28-32-16-17-48-44(51-32)34-12-10-11-13-36(34)58-6)24-38(46(56)57)61-45-41-39(62-52-45)26-49-43(31-25-50-55(9-3)27-31)40(41)33-14-15-37(42(47)29(33)4)59-23-22-54-20-18-53(5)19-21-54/h7-8,10-17,25-27,38H,1-2,9,18-24,28H2,3-6H3,(H,56,57)/b35-30-. The lowest BCUT2D eigenvalue weighted by Crippen LogP contribution is -2.45. The van der Waals surface area contributed by atoms with Crippen molar-refractivity contribution in [2.75, 3.05) is 53.5 Å². The SMILES string of the molecule is C=C/C(CC(Oc1nsc2cnc(-c3cnn(CC)c3)c(-c3ccc(OCCN4CCN(C)CC4)c(Cl)c3C)c12)C(=O)O)=C(\C=C)OCc1ccnc(-c2ccccc2OC)n1. The Kier molecular flexibility index (Phi) is 14.3. The Hall–Kier alpha value is -6.13. The Morgan fingerprint density at radius 3 is 2.56 bits per heavy atom. The number of piperazine rings is 1. The average molecular weight is 877 g/mol. The van der Waals surface area contributed by atoms with Gasteiger partial charge in [0.05, 0.1) is 45.4 Å². The lowest BCUT2D eigenvalue weighted by atomic mass is 9.94. The highest BCUT2D eigenvalue weighted by Crippen LogP contribution is 2.46. The number of carboxylic acids is 1. The van der Waals surface area contributed by atoms with Crippen molar-refractivity contribution >= 4 is 39.2 Å². The van der Waals surface area contributed by atoms with Gasteiger partial charge in [0, 0.05) is 75.4 Å². The van der Waals surface area contributed by atoms with E-state index in [2.05, 4.69) is 49.4 Å². The zero-order valence-electron chi connectivity index (χ0n) is 35.2. The minimum absolute atomic E-state index is 0.0500. The second-order valence-corrected chi connectivity index (χ2v) is 15.8. The summed E-state index contributed by atoms with van der Waals surface area (Å²) in [5.41, 5.74) is 5.38. The van der Waals surface area contributed by atoms with Crippen LogP contribution in [-0.4, -0.2) is 110 Å². The van der Waals surface area contributed by atoms with Gasteiger partial charge < -0.3 is 29.0 Å². The summed E-state index contributed by atoms with van der Waals surface area (Å²) in [6, 6.07) is 13.0. The van der Waals surface area contributed by atoms with E-state index in [0.717, 1.165) is 66.5 Å². The number of carboxylic acid groups (broad SMARTS) is 1. The molecule has 1 N–H and O–H groups in total. The van der Waals surface area contributed by atoms with Crippen molar-refractivity contribution in [3.63, 3.8) is 0 Å². The largest absolute Gasteiger partial charge is 0.496 e. The first-order valence-corrected chi connectivity index (χ1v) is 21.4. The molecule has 2 aromatic carbocycles. The van der Waals surface area contributed by atoms with E-state index in [1.54, 1.807) is 31.8 Å². The fraction of sp³-hybridized carbons (Fsp3) is 0.304. The number of halogens is 1. The van der Waals surface area contributed by atoms with Crippen molar-refractivity contribution in [3.8, 4) is 51.2 Å². The lowest BCUT2D eigenvalue weighted by molar-refractivity contribution is -0.145. The molecule has 1 aliphatic heterocycles. The molecular formula is C46H49ClN8O6S. The maximum absolute atomic E-state index is 13.0. The van der Waals surface area contributed by atoms with Crippen molar-refractivity contribution in [2.45, 2.75) is 39.5 Å². The molecule has 1 aliphatic rings. The molecule has 1 fully saturated rings. The second kappa shape index (κ2) is 20.2. The Morgan fingerprint density at radius 2 is 1.84 bits per heavy atom. The van der Waals surface area contributed by atoms with E-state index < -0.39 is 12.1 Å². The predicted octanol–water partition coefficient (Wildman–Crippen LogP) is 8.36. The molecule has 14 nitrogen and oxygen atoms in total. The van der Waals surface area contributed by atoms with Gasteiger partial charge in [0.1, 0.15) is 30.5 Å². The molecule has 0 saturated carbocycles. The highest BCUT2D eigenvalue weighted by atomic mass is 35.5. The van der Waals surface area contributed by atoms with Crippen LogP contribution in [0.2, 0.25) is 5.02 Å². The van der Waals surface area contributed by atoms with Gasteiger partial charge in [-0.05, 0) is 79.5 Å². The Balaban J connectivity index is 1.18. The summed E-state index contributed by atoms with van der Waals surface area (Å²) in [6.07, 6.45) is 8.58. The number of hydrogen-bond acceptors (Lipinski definition) is 13. The van der Waals surface area contributed by atoms with Gasteiger partial charge >= 0.3 is 5.97 Å². The molecule has 7 rings (SSSR count). The Labute approximate surface area is 369 Å². The van der Waals surface area contributed by atoms with E-state index in [-0.39, 0.29) is 18.9 Å². The topological polar surface area (TPSA) is 150 Å². The number of benzene rings is 2. The number of aliphatic carboxylic acids is 1. The lowest BCUT2D eigenvalue weighted by Gasteiger charge is -2.32. The van der Waals surface area contributed by atoms with Crippen LogP contribution >= 0.6 is 23.1 Å². The zero-order valence-corrected chi connectivity index (χ0v) is 36.8. The molecule has 16 heteroatoms. The number of aryl methyl sites for hydroxylation is 1. The summed E-state index contributed by atoms with van der Waals surface area (Å²) in [7, 11) is 3.73. The fourth-order valence-electron chi connectivity index (χ4n) is 7.20. The molecule has 0 bridgehead atoms. The van der Waals surface area contributed by atoms with E-state index in [1.165, 1.54) is 12.2 Å². The molecule has 4 aromatic heterocycles. The van der Waals surface area contributed by atoms with E-state index >= 15 is 0 Å². The fourth-order valence-corrected chi connectivity index (χ4v) is 8.11. The van der Waals surface area contributed by atoms with Crippen LogP contribution in [-0.2, 0) is 22.7 Å². The minimum Gasteiger partial charge on any atom is -0.496 e. The van der Waals surface area contributed by atoms with Crippen molar-refractivity contribution in [2.24, 2.45) is 0 Å². The maximum atomic E-state index is 13.0. The number of methoxy groups -OCH3 is 1. The predicted molar refractivity (Wildman–Crippen MR) is 242 cm³/mol. The first kappa shape index (κ1) is 43.9. The summed E-state index contributed by atoms with van der Waals surface area (Å²) >= 11 is 8.24. The van der Waals surface area contributed by atoms with Gasteiger partial charge in [0.2, 0.25) is 12.0 Å². The molecule has 0 spiro atoms. The maximum Gasteiger partial charge on any atom is 0.345 e. The van der Waals surface area contributed by atoms with Gasteiger partial charge in [-0.15, -0.1) is 0 Å². The third-order valence-corrected chi connectivity index (χ3v) is 11.9. The Bertz CT molecular complexity index is 2600. The number of pyridine rings is 1.